The summed E-state index contributed by atoms with van der Waals surface area (Å²) in [6.45, 7) is 1.58. The highest BCUT2D eigenvalue weighted by atomic mass is 35.5. The van der Waals surface area contributed by atoms with Gasteiger partial charge < -0.3 is 19.5 Å². The second-order valence-electron chi connectivity index (χ2n) is 4.23. The van der Waals surface area contributed by atoms with Crippen molar-refractivity contribution in [3.8, 4) is 5.75 Å². The molecule has 20 heavy (non-hydrogen) atoms. The number of carbonyl (C=O) groups is 2. The minimum Gasteiger partial charge on any atom is -0.507 e. The molecule has 1 heterocycles. The molecule has 0 saturated carbocycles. The van der Waals surface area contributed by atoms with E-state index in [0.29, 0.717) is 31.3 Å². The van der Waals surface area contributed by atoms with E-state index in [1.54, 1.807) is 4.90 Å². The number of rotatable bonds is 3. The minimum atomic E-state index is -0.763. The molecule has 0 unspecified atom stereocenters. The lowest BCUT2D eigenvalue weighted by Crippen LogP contribution is -2.42. The Kier molecular flexibility index (Phi) is 4.81. The third kappa shape index (κ3) is 3.61. The molecule has 1 aliphatic heterocycles. The van der Waals surface area contributed by atoms with Crippen LogP contribution < -0.4 is 0 Å². The highest BCUT2D eigenvalue weighted by molar-refractivity contribution is 6.30. The smallest absolute Gasteiger partial charge is 0.342 e. The van der Waals surface area contributed by atoms with Crippen molar-refractivity contribution < 1.29 is 24.2 Å². The molecule has 0 bridgehead atoms. The molecule has 1 saturated heterocycles. The number of phenolic OH excluding ortho intramolecular Hbond substituents is 1. The van der Waals surface area contributed by atoms with E-state index in [9.17, 15) is 14.7 Å². The molecule has 0 atom stereocenters. The van der Waals surface area contributed by atoms with Crippen molar-refractivity contribution in [1.82, 2.24) is 4.90 Å². The zero-order chi connectivity index (χ0) is 14.5. The predicted molar refractivity (Wildman–Crippen MR) is 70.8 cm³/mol. The molecule has 1 aromatic rings. The quantitative estimate of drug-likeness (QED) is 0.845. The normalized spacial score (nSPS) is 14.9. The maximum atomic E-state index is 11.8. The van der Waals surface area contributed by atoms with Gasteiger partial charge in [0.1, 0.15) is 11.3 Å². The van der Waals surface area contributed by atoms with Crippen LogP contribution in [0, 0.1) is 0 Å². The second kappa shape index (κ2) is 6.58. The van der Waals surface area contributed by atoms with Gasteiger partial charge in [0.2, 0.25) is 0 Å². The number of carbonyl (C=O) groups excluding carboxylic acids is 2. The summed E-state index contributed by atoms with van der Waals surface area (Å²) in [5, 5.41) is 9.89. The topological polar surface area (TPSA) is 76.1 Å². The van der Waals surface area contributed by atoms with Crippen molar-refractivity contribution in [3.63, 3.8) is 0 Å². The van der Waals surface area contributed by atoms with E-state index in [1.807, 2.05) is 0 Å². The zero-order valence-corrected chi connectivity index (χ0v) is 11.4. The van der Waals surface area contributed by atoms with Crippen LogP contribution in [0.25, 0.3) is 0 Å². The van der Waals surface area contributed by atoms with Gasteiger partial charge in [-0.3, -0.25) is 4.79 Å². The van der Waals surface area contributed by atoms with Crippen molar-refractivity contribution in [3.05, 3.63) is 28.8 Å². The van der Waals surface area contributed by atoms with Gasteiger partial charge in [0.25, 0.3) is 5.91 Å². The Hall–Kier alpha value is -1.79. The third-order valence-electron chi connectivity index (χ3n) is 2.87. The van der Waals surface area contributed by atoms with E-state index >= 15 is 0 Å². The van der Waals surface area contributed by atoms with E-state index in [0.717, 1.165) is 0 Å². The average molecular weight is 300 g/mol. The van der Waals surface area contributed by atoms with Gasteiger partial charge in [0.15, 0.2) is 6.61 Å². The fourth-order valence-corrected chi connectivity index (χ4v) is 1.95. The number of ether oxygens (including phenoxy) is 2. The number of amides is 1. The van der Waals surface area contributed by atoms with Crippen molar-refractivity contribution in [2.24, 2.45) is 0 Å². The Labute approximate surface area is 120 Å². The maximum absolute atomic E-state index is 11.8. The summed E-state index contributed by atoms with van der Waals surface area (Å²) >= 11 is 5.67. The van der Waals surface area contributed by atoms with Crippen LogP contribution in [-0.4, -0.2) is 54.8 Å². The van der Waals surface area contributed by atoms with Gasteiger partial charge in [-0.15, -0.1) is 0 Å². The van der Waals surface area contributed by atoms with Crippen molar-refractivity contribution in [1.29, 1.82) is 0 Å². The summed E-state index contributed by atoms with van der Waals surface area (Å²) in [6.07, 6.45) is 0. The molecular weight excluding hydrogens is 286 g/mol. The molecule has 1 fully saturated rings. The summed E-state index contributed by atoms with van der Waals surface area (Å²) in [5.41, 5.74) is -0.0239. The van der Waals surface area contributed by atoms with Gasteiger partial charge in [-0.05, 0) is 18.2 Å². The monoisotopic (exact) mass is 299 g/mol. The Bertz CT molecular complexity index is 513. The molecule has 108 valence electrons. The largest absolute Gasteiger partial charge is 0.507 e. The molecule has 0 spiro atoms. The first-order valence-electron chi connectivity index (χ1n) is 6.09. The Balaban J connectivity index is 1.89. The number of nitrogens with zero attached hydrogens (tertiary/aromatic N) is 1. The average Bonchev–Trinajstić information content (AvgIpc) is 2.45. The molecule has 1 aromatic carbocycles. The number of phenols is 1. The number of hydrogen-bond acceptors (Lipinski definition) is 5. The second-order valence-corrected chi connectivity index (χ2v) is 4.67. The molecule has 7 heteroatoms. The molecular formula is C13H14ClNO5. The molecule has 0 aromatic heterocycles. The highest BCUT2D eigenvalue weighted by Gasteiger charge is 2.20. The Morgan fingerprint density at radius 1 is 1.35 bits per heavy atom. The van der Waals surface area contributed by atoms with Gasteiger partial charge in [-0.1, -0.05) is 11.6 Å². The van der Waals surface area contributed by atoms with E-state index in [2.05, 4.69) is 0 Å². The summed E-state index contributed by atoms with van der Waals surface area (Å²) in [7, 11) is 0. The first-order valence-corrected chi connectivity index (χ1v) is 6.47. The number of morpholine rings is 1. The van der Waals surface area contributed by atoms with Gasteiger partial charge in [0, 0.05) is 18.1 Å². The third-order valence-corrected chi connectivity index (χ3v) is 3.11. The Morgan fingerprint density at radius 2 is 2.05 bits per heavy atom. The first-order chi connectivity index (χ1) is 9.58. The Morgan fingerprint density at radius 3 is 2.70 bits per heavy atom. The number of aromatic hydroxyl groups is 1. The summed E-state index contributed by atoms with van der Waals surface area (Å²) in [6, 6.07) is 4.04. The maximum Gasteiger partial charge on any atom is 0.342 e. The van der Waals surface area contributed by atoms with Crippen LogP contribution in [0.15, 0.2) is 18.2 Å². The summed E-state index contributed by atoms with van der Waals surface area (Å²) < 4.78 is 10.0. The predicted octanol–water partition coefficient (Wildman–Crippen LogP) is 1.06. The van der Waals surface area contributed by atoms with Gasteiger partial charge >= 0.3 is 5.97 Å². The van der Waals surface area contributed by atoms with Gasteiger partial charge in [-0.25, -0.2) is 4.79 Å². The first kappa shape index (κ1) is 14.6. The lowest BCUT2D eigenvalue weighted by molar-refractivity contribution is -0.138. The molecule has 2 rings (SSSR count). The van der Waals surface area contributed by atoms with Crippen LogP contribution >= 0.6 is 11.6 Å². The van der Waals surface area contributed by atoms with Crippen LogP contribution in [0.1, 0.15) is 10.4 Å². The van der Waals surface area contributed by atoms with E-state index in [-0.39, 0.29) is 23.8 Å². The van der Waals surface area contributed by atoms with Gasteiger partial charge in [0.05, 0.1) is 13.2 Å². The number of benzene rings is 1. The lowest BCUT2D eigenvalue weighted by atomic mass is 10.2. The van der Waals surface area contributed by atoms with E-state index in [1.165, 1.54) is 18.2 Å². The van der Waals surface area contributed by atoms with Crippen LogP contribution in [0.3, 0.4) is 0 Å². The SMILES string of the molecule is O=C(OCC(=O)N1CCOCC1)c1ccc(Cl)cc1O. The molecule has 6 nitrogen and oxygen atoms in total. The molecule has 1 amide bonds. The molecule has 1 N–H and O–H groups in total. The van der Waals surface area contributed by atoms with Crippen LogP contribution in [-0.2, 0) is 14.3 Å². The van der Waals surface area contributed by atoms with Crippen LogP contribution in [0.4, 0.5) is 0 Å². The molecule has 0 radical (unpaired) electrons. The summed E-state index contributed by atoms with van der Waals surface area (Å²) in [4.78, 5) is 25.1. The standard InChI is InChI=1S/C13H14ClNO5/c14-9-1-2-10(11(16)7-9)13(18)20-8-12(17)15-3-5-19-6-4-15/h1-2,7,16H,3-6,8H2. The number of hydrogen-bond donors (Lipinski definition) is 1. The number of halogens is 1. The molecule has 0 aliphatic carbocycles. The highest BCUT2D eigenvalue weighted by Crippen LogP contribution is 2.22. The summed E-state index contributed by atoms with van der Waals surface area (Å²) in [5.74, 6) is -1.32. The zero-order valence-electron chi connectivity index (χ0n) is 10.7. The fraction of sp³-hybridized carbons (Fsp3) is 0.385. The molecule has 1 aliphatic rings. The van der Waals surface area contributed by atoms with Crippen LogP contribution in [0.5, 0.6) is 5.75 Å². The lowest BCUT2D eigenvalue weighted by Gasteiger charge is -2.26. The van der Waals surface area contributed by atoms with Gasteiger partial charge in [-0.2, -0.15) is 0 Å². The minimum absolute atomic E-state index is 0.0239. The van der Waals surface area contributed by atoms with Crippen molar-refractivity contribution in [2.45, 2.75) is 0 Å². The van der Waals surface area contributed by atoms with Crippen molar-refractivity contribution >= 4 is 23.5 Å². The van der Waals surface area contributed by atoms with Crippen LogP contribution in [0.2, 0.25) is 5.02 Å². The van der Waals surface area contributed by atoms with E-state index < -0.39 is 5.97 Å². The van der Waals surface area contributed by atoms with Crippen molar-refractivity contribution in [2.75, 3.05) is 32.9 Å². The van der Waals surface area contributed by atoms with E-state index in [4.69, 9.17) is 21.1 Å². The fourth-order valence-electron chi connectivity index (χ4n) is 1.79. The number of esters is 1.